The number of hydrogen-bond acceptors (Lipinski definition) is 4. The van der Waals surface area contributed by atoms with Crippen molar-refractivity contribution in [1.82, 2.24) is 4.90 Å². The lowest BCUT2D eigenvalue weighted by atomic mass is 10.3. The third kappa shape index (κ3) is 3.80. The Morgan fingerprint density at radius 1 is 1.63 bits per heavy atom. The van der Waals surface area contributed by atoms with E-state index < -0.39 is 11.0 Å². The minimum Gasteiger partial charge on any atom is -0.394 e. The van der Waals surface area contributed by atoms with Crippen LogP contribution in [0.5, 0.6) is 0 Å². The summed E-state index contributed by atoms with van der Waals surface area (Å²) in [7, 11) is 1.53. The second-order valence-corrected chi connectivity index (χ2v) is 4.40. The Balaban J connectivity index is 2.81. The number of rotatable bonds is 4. The quantitative estimate of drug-likeness (QED) is 0.654. The van der Waals surface area contributed by atoms with Gasteiger partial charge in [-0.1, -0.05) is 11.6 Å². The fraction of sp³-hybridized carbons (Fsp3) is 0.364. The molecule has 2 N–H and O–H groups in total. The monoisotopic (exact) mass is 287 g/mol. The zero-order valence-electron chi connectivity index (χ0n) is 10.5. The molecule has 0 bridgehead atoms. The Morgan fingerprint density at radius 2 is 2.26 bits per heavy atom. The number of hydrogen-bond donors (Lipinski definition) is 2. The molecule has 0 heterocycles. The van der Waals surface area contributed by atoms with Crippen molar-refractivity contribution < 1.29 is 14.8 Å². The molecule has 0 unspecified atom stereocenters. The lowest BCUT2D eigenvalue weighted by Gasteiger charge is -2.23. The highest BCUT2D eigenvalue weighted by molar-refractivity contribution is 6.33. The van der Waals surface area contributed by atoms with Gasteiger partial charge in [0.1, 0.15) is 5.02 Å². The number of carbonyl (C=O) groups excluding carboxylic acids is 1. The highest BCUT2D eigenvalue weighted by atomic mass is 35.5. The number of aliphatic hydroxyl groups is 1. The summed E-state index contributed by atoms with van der Waals surface area (Å²) in [4.78, 5) is 23.1. The van der Waals surface area contributed by atoms with Gasteiger partial charge in [0.2, 0.25) is 0 Å². The van der Waals surface area contributed by atoms with Gasteiger partial charge in [0.05, 0.1) is 17.6 Å². The van der Waals surface area contributed by atoms with E-state index >= 15 is 0 Å². The van der Waals surface area contributed by atoms with Gasteiger partial charge >= 0.3 is 6.03 Å². The second kappa shape index (κ2) is 6.35. The third-order valence-electron chi connectivity index (χ3n) is 2.64. The van der Waals surface area contributed by atoms with Crippen molar-refractivity contribution in [3.05, 3.63) is 33.3 Å². The first-order valence-electron chi connectivity index (χ1n) is 5.45. The van der Waals surface area contributed by atoms with Crippen LogP contribution in [0.4, 0.5) is 16.2 Å². The lowest BCUT2D eigenvalue weighted by Crippen LogP contribution is -2.40. The van der Waals surface area contributed by atoms with E-state index in [1.54, 1.807) is 6.92 Å². The maximum absolute atomic E-state index is 11.8. The molecule has 1 aromatic rings. The van der Waals surface area contributed by atoms with Gasteiger partial charge in [-0.05, 0) is 19.1 Å². The Hall–Kier alpha value is -1.86. The molecule has 0 saturated carbocycles. The summed E-state index contributed by atoms with van der Waals surface area (Å²) in [6.07, 6.45) is 0. The van der Waals surface area contributed by atoms with E-state index in [-0.39, 0.29) is 23.4 Å². The van der Waals surface area contributed by atoms with Crippen LogP contribution in [0, 0.1) is 10.1 Å². The molecule has 0 radical (unpaired) electrons. The smallest absolute Gasteiger partial charge is 0.321 e. The minimum absolute atomic E-state index is 0.0549. The van der Waals surface area contributed by atoms with E-state index in [4.69, 9.17) is 16.7 Å². The number of nitro groups is 1. The molecule has 1 rings (SSSR count). The standard InChI is InChI=1S/C11H14ClN3O4/c1-7(6-16)14(2)11(17)13-8-3-4-10(15(18)19)9(12)5-8/h3-5,7,16H,6H2,1-2H3,(H,13,17)/t7-/m0/s1. The van der Waals surface area contributed by atoms with Crippen LogP contribution in [0.25, 0.3) is 0 Å². The van der Waals surface area contributed by atoms with Crippen molar-refractivity contribution >= 4 is 29.0 Å². The highest BCUT2D eigenvalue weighted by Crippen LogP contribution is 2.27. The second-order valence-electron chi connectivity index (χ2n) is 4.00. The van der Waals surface area contributed by atoms with Gasteiger partial charge in [-0.2, -0.15) is 0 Å². The molecule has 0 saturated heterocycles. The van der Waals surface area contributed by atoms with Crippen LogP contribution < -0.4 is 5.32 Å². The highest BCUT2D eigenvalue weighted by Gasteiger charge is 2.17. The third-order valence-corrected chi connectivity index (χ3v) is 2.94. The molecule has 0 aliphatic rings. The SMILES string of the molecule is C[C@@H](CO)N(C)C(=O)Nc1ccc([N+](=O)[O-])c(Cl)c1. The lowest BCUT2D eigenvalue weighted by molar-refractivity contribution is -0.384. The average Bonchev–Trinajstić information content (AvgIpc) is 2.36. The van der Waals surface area contributed by atoms with Crippen molar-refractivity contribution in [3.63, 3.8) is 0 Å². The van der Waals surface area contributed by atoms with Gasteiger partial charge in [0.15, 0.2) is 0 Å². The van der Waals surface area contributed by atoms with E-state index in [0.717, 1.165) is 0 Å². The average molecular weight is 288 g/mol. The molecule has 7 nitrogen and oxygen atoms in total. The number of aliphatic hydroxyl groups excluding tert-OH is 1. The predicted molar refractivity (Wildman–Crippen MR) is 71.4 cm³/mol. The number of anilines is 1. The van der Waals surface area contributed by atoms with Crippen LogP contribution >= 0.6 is 11.6 Å². The molecule has 104 valence electrons. The Labute approximate surface area is 114 Å². The normalized spacial score (nSPS) is 11.8. The molecular formula is C11H14ClN3O4. The van der Waals surface area contributed by atoms with Crippen molar-refractivity contribution in [2.45, 2.75) is 13.0 Å². The predicted octanol–water partition coefficient (Wildman–Crippen LogP) is 2.09. The zero-order valence-corrected chi connectivity index (χ0v) is 11.2. The summed E-state index contributed by atoms with van der Waals surface area (Å²) in [6.45, 7) is 1.52. The van der Waals surface area contributed by atoms with Gasteiger partial charge in [-0.3, -0.25) is 10.1 Å². The van der Waals surface area contributed by atoms with Gasteiger partial charge in [0, 0.05) is 18.8 Å². The van der Waals surface area contributed by atoms with Gasteiger partial charge in [-0.25, -0.2) is 4.79 Å². The maximum Gasteiger partial charge on any atom is 0.321 e. The first kappa shape index (κ1) is 15.2. The molecule has 0 aliphatic carbocycles. The summed E-state index contributed by atoms with van der Waals surface area (Å²) < 4.78 is 0. The van der Waals surface area contributed by atoms with E-state index in [2.05, 4.69) is 5.32 Å². The molecule has 0 aromatic heterocycles. The summed E-state index contributed by atoms with van der Waals surface area (Å²) in [5.41, 5.74) is 0.120. The number of amides is 2. The van der Waals surface area contributed by atoms with Crippen molar-refractivity contribution in [1.29, 1.82) is 0 Å². The van der Waals surface area contributed by atoms with Gasteiger partial charge in [-0.15, -0.1) is 0 Å². The number of likely N-dealkylation sites (N-methyl/N-ethyl adjacent to an activating group) is 1. The summed E-state index contributed by atoms with van der Waals surface area (Å²) in [5.74, 6) is 0. The van der Waals surface area contributed by atoms with Gasteiger partial charge in [0.25, 0.3) is 5.69 Å². The molecule has 2 amide bonds. The topological polar surface area (TPSA) is 95.7 Å². The number of nitrogens with zero attached hydrogens (tertiary/aromatic N) is 2. The van der Waals surface area contributed by atoms with Crippen molar-refractivity contribution in [3.8, 4) is 0 Å². The maximum atomic E-state index is 11.8. The first-order chi connectivity index (χ1) is 8.86. The minimum atomic E-state index is -0.603. The first-order valence-corrected chi connectivity index (χ1v) is 5.83. The Kier molecular flexibility index (Phi) is 5.08. The van der Waals surface area contributed by atoms with Crippen LogP contribution in [0.2, 0.25) is 5.02 Å². The number of nitrogens with one attached hydrogen (secondary N) is 1. The van der Waals surface area contributed by atoms with Crippen molar-refractivity contribution in [2.24, 2.45) is 0 Å². The van der Waals surface area contributed by atoms with E-state index in [0.29, 0.717) is 5.69 Å². The number of urea groups is 1. The summed E-state index contributed by atoms with van der Waals surface area (Å²) in [5, 5.41) is 22.0. The summed E-state index contributed by atoms with van der Waals surface area (Å²) >= 11 is 5.73. The van der Waals surface area contributed by atoms with Crippen LogP contribution in [0.15, 0.2) is 18.2 Å². The van der Waals surface area contributed by atoms with Crippen molar-refractivity contribution in [2.75, 3.05) is 19.0 Å². The Bertz CT molecular complexity index is 495. The Morgan fingerprint density at radius 3 is 2.74 bits per heavy atom. The largest absolute Gasteiger partial charge is 0.394 e. The van der Waals surface area contributed by atoms with E-state index in [9.17, 15) is 14.9 Å². The number of benzene rings is 1. The molecule has 19 heavy (non-hydrogen) atoms. The van der Waals surface area contributed by atoms with Crippen LogP contribution in [-0.2, 0) is 0 Å². The molecule has 8 heteroatoms. The van der Waals surface area contributed by atoms with Crippen LogP contribution in [0.1, 0.15) is 6.92 Å². The number of halogens is 1. The van der Waals surface area contributed by atoms with Crippen LogP contribution in [-0.4, -0.2) is 40.7 Å². The fourth-order valence-corrected chi connectivity index (χ4v) is 1.52. The molecule has 0 aliphatic heterocycles. The molecular weight excluding hydrogens is 274 g/mol. The van der Waals surface area contributed by atoms with E-state index in [1.165, 1.54) is 30.1 Å². The molecule has 0 fully saturated rings. The zero-order chi connectivity index (χ0) is 14.6. The number of nitro benzene ring substituents is 1. The summed E-state index contributed by atoms with van der Waals surface area (Å²) in [6, 6.07) is 3.13. The fourth-order valence-electron chi connectivity index (χ4n) is 1.27. The molecule has 1 atom stereocenters. The van der Waals surface area contributed by atoms with Crippen LogP contribution in [0.3, 0.4) is 0 Å². The number of carbonyl (C=O) groups is 1. The van der Waals surface area contributed by atoms with Gasteiger partial charge < -0.3 is 15.3 Å². The molecule has 1 aromatic carbocycles. The van der Waals surface area contributed by atoms with E-state index in [1.807, 2.05) is 0 Å². The molecule has 0 spiro atoms.